The quantitative estimate of drug-likeness (QED) is 0.473. The first-order chi connectivity index (χ1) is 14.3. The van der Waals surface area contributed by atoms with Crippen molar-refractivity contribution in [3.63, 3.8) is 0 Å². The van der Waals surface area contributed by atoms with Crippen LogP contribution in [0, 0.1) is 19.7 Å². The fourth-order valence-corrected chi connectivity index (χ4v) is 3.93. The molecule has 2 aliphatic rings. The minimum absolute atomic E-state index is 0.227. The molecule has 1 saturated heterocycles. The number of nitrogens with zero attached hydrogens (tertiary/aromatic N) is 1. The van der Waals surface area contributed by atoms with Gasteiger partial charge >= 0.3 is 0 Å². The van der Waals surface area contributed by atoms with E-state index in [1.54, 1.807) is 19.9 Å². The number of aromatic nitrogens is 1. The van der Waals surface area contributed by atoms with Gasteiger partial charge in [0.1, 0.15) is 5.82 Å². The number of nitrogens with one attached hydrogen (secondary N) is 4. The van der Waals surface area contributed by atoms with Gasteiger partial charge in [-0.1, -0.05) is 0 Å². The van der Waals surface area contributed by atoms with Crippen LogP contribution in [-0.2, 0) is 4.79 Å². The number of rotatable bonds is 5. The summed E-state index contributed by atoms with van der Waals surface area (Å²) in [7, 11) is 0. The number of carbonyl (C=O) groups is 2. The lowest BCUT2D eigenvalue weighted by atomic mass is 10.0. The van der Waals surface area contributed by atoms with Crippen molar-refractivity contribution in [3.05, 3.63) is 52.1 Å². The molecule has 2 amide bonds. The fourth-order valence-electron chi connectivity index (χ4n) is 3.93. The maximum atomic E-state index is 13.7. The van der Waals surface area contributed by atoms with Gasteiger partial charge in [-0.15, -0.1) is 0 Å². The predicted octanol–water partition coefficient (Wildman–Crippen LogP) is 1.17. The highest BCUT2D eigenvalue weighted by Crippen LogP contribution is 2.34. The fraction of sp³-hybridized carbons (Fsp3) is 0.333. The van der Waals surface area contributed by atoms with Gasteiger partial charge in [-0.05, 0) is 43.7 Å². The van der Waals surface area contributed by atoms with Crippen molar-refractivity contribution in [1.29, 1.82) is 0 Å². The van der Waals surface area contributed by atoms with Gasteiger partial charge in [0.25, 0.3) is 11.8 Å². The second-order valence-electron chi connectivity index (χ2n) is 7.49. The van der Waals surface area contributed by atoms with Crippen molar-refractivity contribution >= 4 is 29.2 Å². The molecule has 0 bridgehead atoms. The first-order valence-corrected chi connectivity index (χ1v) is 9.81. The first kappa shape index (κ1) is 20.3. The Morgan fingerprint density at radius 1 is 1.40 bits per heavy atom. The molecule has 1 fully saturated rings. The summed E-state index contributed by atoms with van der Waals surface area (Å²) in [6, 6.07) is 4.15. The molecule has 1 unspecified atom stereocenters. The molecule has 1 atom stereocenters. The normalized spacial score (nSPS) is 19.9. The molecule has 5 N–H and O–H groups in total. The van der Waals surface area contributed by atoms with Crippen molar-refractivity contribution in [2.45, 2.75) is 20.2 Å². The molecule has 2 aromatic rings. The highest BCUT2D eigenvalue weighted by Gasteiger charge is 2.26. The SMILES string of the molecule is Cc1[nH]c(/C=C2\C(=O)Nc3ccc(F)cc32)c(C)c1C(=O)NCCN1CCNC1O. The first-order valence-electron chi connectivity index (χ1n) is 9.81. The van der Waals surface area contributed by atoms with Gasteiger partial charge in [0.05, 0.1) is 11.1 Å². The zero-order valence-corrected chi connectivity index (χ0v) is 16.8. The van der Waals surface area contributed by atoms with Crippen LogP contribution >= 0.6 is 0 Å². The molecular formula is C21H24FN5O3. The Labute approximate surface area is 173 Å². The Hall–Kier alpha value is -3.01. The van der Waals surface area contributed by atoms with Gasteiger partial charge in [-0.2, -0.15) is 0 Å². The van der Waals surface area contributed by atoms with E-state index in [1.165, 1.54) is 18.2 Å². The summed E-state index contributed by atoms with van der Waals surface area (Å²) in [5.41, 5.74) is 3.92. The summed E-state index contributed by atoms with van der Waals surface area (Å²) in [5.74, 6) is -0.963. The number of aromatic amines is 1. The Bertz CT molecular complexity index is 1050. The molecule has 30 heavy (non-hydrogen) atoms. The standard InChI is InChI=1S/C21H24FN5O3/c1-11-17(10-15-14-9-13(22)3-4-16(14)26-19(15)28)25-12(2)18(11)20(29)23-5-7-27-8-6-24-21(27)30/h3-4,9-10,21,24-25,30H,5-8H2,1-2H3,(H,23,29)(H,26,28)/b15-10-. The minimum atomic E-state index is -0.680. The molecule has 3 heterocycles. The van der Waals surface area contributed by atoms with Crippen LogP contribution < -0.4 is 16.0 Å². The van der Waals surface area contributed by atoms with E-state index in [2.05, 4.69) is 20.9 Å². The molecular weight excluding hydrogens is 389 g/mol. The molecule has 9 heteroatoms. The second-order valence-corrected chi connectivity index (χ2v) is 7.49. The molecule has 8 nitrogen and oxygen atoms in total. The second kappa shape index (κ2) is 8.02. The lowest BCUT2D eigenvalue weighted by Gasteiger charge is -2.19. The summed E-state index contributed by atoms with van der Waals surface area (Å²) < 4.78 is 13.7. The monoisotopic (exact) mass is 413 g/mol. The molecule has 2 aliphatic heterocycles. The number of amides is 2. The van der Waals surface area contributed by atoms with Gasteiger partial charge in [0.15, 0.2) is 6.35 Å². The third-order valence-electron chi connectivity index (χ3n) is 5.51. The Morgan fingerprint density at radius 3 is 2.93 bits per heavy atom. The van der Waals surface area contributed by atoms with Crippen molar-refractivity contribution in [3.8, 4) is 0 Å². The summed E-state index contributed by atoms with van der Waals surface area (Å²) in [6.07, 6.45) is 0.965. The van der Waals surface area contributed by atoms with Crippen LogP contribution in [-0.4, -0.2) is 59.3 Å². The summed E-state index contributed by atoms with van der Waals surface area (Å²) in [4.78, 5) is 30.1. The smallest absolute Gasteiger partial charge is 0.256 e. The van der Waals surface area contributed by atoms with E-state index >= 15 is 0 Å². The van der Waals surface area contributed by atoms with Crippen LogP contribution in [0.3, 0.4) is 0 Å². The van der Waals surface area contributed by atoms with Gasteiger partial charge in [0, 0.05) is 48.8 Å². The van der Waals surface area contributed by atoms with E-state index < -0.39 is 12.2 Å². The van der Waals surface area contributed by atoms with Gasteiger partial charge in [0.2, 0.25) is 0 Å². The molecule has 1 aromatic heterocycles. The topological polar surface area (TPSA) is 109 Å². The number of hydrogen-bond donors (Lipinski definition) is 5. The lowest BCUT2D eigenvalue weighted by Crippen LogP contribution is -2.40. The highest BCUT2D eigenvalue weighted by atomic mass is 19.1. The van der Waals surface area contributed by atoms with Gasteiger partial charge < -0.3 is 20.7 Å². The maximum absolute atomic E-state index is 13.7. The lowest BCUT2D eigenvalue weighted by molar-refractivity contribution is -0.110. The van der Waals surface area contributed by atoms with E-state index in [-0.39, 0.29) is 11.8 Å². The molecule has 0 spiro atoms. The zero-order valence-electron chi connectivity index (χ0n) is 16.8. The van der Waals surface area contributed by atoms with Crippen molar-refractivity contribution in [2.75, 3.05) is 31.5 Å². The number of halogens is 1. The molecule has 1 aromatic carbocycles. The Morgan fingerprint density at radius 2 is 2.20 bits per heavy atom. The summed E-state index contributed by atoms with van der Waals surface area (Å²) in [6.45, 7) is 5.96. The third kappa shape index (κ3) is 3.74. The number of aliphatic hydroxyl groups is 1. The Kier molecular flexibility index (Phi) is 5.42. The number of aliphatic hydroxyl groups excluding tert-OH is 1. The van der Waals surface area contributed by atoms with Gasteiger partial charge in [-0.25, -0.2) is 4.39 Å². The number of benzene rings is 1. The van der Waals surface area contributed by atoms with Crippen molar-refractivity contribution < 1.29 is 19.1 Å². The average molecular weight is 413 g/mol. The number of fused-ring (bicyclic) bond motifs is 1. The Balaban J connectivity index is 1.53. The van der Waals surface area contributed by atoms with Crippen LogP contribution in [0.1, 0.15) is 32.9 Å². The van der Waals surface area contributed by atoms with Gasteiger partial charge in [-0.3, -0.25) is 19.8 Å². The van der Waals surface area contributed by atoms with Crippen LogP contribution in [0.15, 0.2) is 18.2 Å². The zero-order chi connectivity index (χ0) is 21.4. The van der Waals surface area contributed by atoms with Crippen LogP contribution in [0.25, 0.3) is 11.6 Å². The molecule has 4 rings (SSSR count). The number of hydrogen-bond acceptors (Lipinski definition) is 5. The van der Waals surface area contributed by atoms with E-state index in [4.69, 9.17) is 0 Å². The van der Waals surface area contributed by atoms with Crippen LogP contribution in [0.4, 0.5) is 10.1 Å². The predicted molar refractivity (Wildman–Crippen MR) is 111 cm³/mol. The van der Waals surface area contributed by atoms with Crippen molar-refractivity contribution in [2.24, 2.45) is 0 Å². The van der Waals surface area contributed by atoms with E-state index in [1.807, 2.05) is 4.90 Å². The third-order valence-corrected chi connectivity index (χ3v) is 5.51. The average Bonchev–Trinajstić information content (AvgIpc) is 3.32. The molecule has 0 radical (unpaired) electrons. The largest absolute Gasteiger partial charge is 0.365 e. The van der Waals surface area contributed by atoms with Crippen LogP contribution in [0.5, 0.6) is 0 Å². The molecule has 158 valence electrons. The molecule has 0 saturated carbocycles. The maximum Gasteiger partial charge on any atom is 0.256 e. The number of anilines is 1. The highest BCUT2D eigenvalue weighted by molar-refractivity contribution is 6.34. The number of H-pyrrole nitrogens is 1. The van der Waals surface area contributed by atoms with E-state index in [0.29, 0.717) is 59.0 Å². The molecule has 0 aliphatic carbocycles. The van der Waals surface area contributed by atoms with E-state index in [0.717, 1.165) is 6.54 Å². The summed E-state index contributed by atoms with van der Waals surface area (Å²) in [5, 5.41) is 18.2. The van der Waals surface area contributed by atoms with E-state index in [9.17, 15) is 19.1 Å². The number of aryl methyl sites for hydroxylation is 1. The summed E-state index contributed by atoms with van der Waals surface area (Å²) >= 11 is 0. The minimum Gasteiger partial charge on any atom is -0.365 e. The van der Waals surface area contributed by atoms with Crippen LogP contribution in [0.2, 0.25) is 0 Å². The van der Waals surface area contributed by atoms with Crippen molar-refractivity contribution in [1.82, 2.24) is 20.5 Å². The number of carbonyl (C=O) groups excluding carboxylic acids is 2.